The van der Waals surface area contributed by atoms with E-state index in [-0.39, 0.29) is 18.4 Å². The Balaban J connectivity index is 1.99. The summed E-state index contributed by atoms with van der Waals surface area (Å²) in [6.45, 7) is 3.77. The number of aryl methyl sites for hydroxylation is 1. The minimum atomic E-state index is -4.33. The van der Waals surface area contributed by atoms with Crippen LogP contribution >= 0.6 is 0 Å². The highest BCUT2D eigenvalue weighted by molar-refractivity contribution is 5.77. The summed E-state index contributed by atoms with van der Waals surface area (Å²) in [7, 11) is 0. The first-order chi connectivity index (χ1) is 10.8. The lowest BCUT2D eigenvalue weighted by Crippen LogP contribution is -2.40. The summed E-state index contributed by atoms with van der Waals surface area (Å²) in [5.41, 5.74) is 0. The van der Waals surface area contributed by atoms with E-state index in [1.54, 1.807) is 11.8 Å². The topological polar surface area (TPSA) is 60.2 Å². The summed E-state index contributed by atoms with van der Waals surface area (Å²) >= 11 is 0. The number of ether oxygens (including phenoxy) is 1. The molecule has 1 aromatic rings. The number of likely N-dealkylation sites (tertiary alicyclic amines) is 1. The molecular weight excluding hydrogens is 313 g/mol. The van der Waals surface area contributed by atoms with Gasteiger partial charge in [-0.05, 0) is 26.7 Å². The van der Waals surface area contributed by atoms with Gasteiger partial charge in [0.1, 0.15) is 24.8 Å². The van der Waals surface area contributed by atoms with Gasteiger partial charge in [-0.15, -0.1) is 0 Å². The largest absolute Gasteiger partial charge is 0.408 e. The summed E-state index contributed by atoms with van der Waals surface area (Å²) in [5, 5.41) is 3.85. The third-order valence-electron chi connectivity index (χ3n) is 3.78. The molecule has 0 aliphatic carbocycles. The molecule has 0 saturated carbocycles. The molecule has 0 atom stereocenters. The zero-order valence-electron chi connectivity index (χ0n) is 13.3. The van der Waals surface area contributed by atoms with E-state index in [0.717, 1.165) is 4.68 Å². The lowest BCUT2D eigenvalue weighted by molar-refractivity contribution is -0.143. The number of carbonyl (C=O) groups excluding carboxylic acids is 1. The lowest BCUT2D eigenvalue weighted by Gasteiger charge is -2.31. The molecule has 1 aliphatic heterocycles. The standard InChI is InChI=1S/C14H21F3N4O2/c1-3-23-8-12(22)20-6-4-11(5-7-20)13-18-10(2)19-21(13)9-14(15,16)17/h11H,3-9H2,1-2H3. The second-order valence-corrected chi connectivity index (χ2v) is 5.58. The second-order valence-electron chi connectivity index (χ2n) is 5.58. The van der Waals surface area contributed by atoms with E-state index in [9.17, 15) is 18.0 Å². The van der Waals surface area contributed by atoms with Crippen molar-refractivity contribution in [3.63, 3.8) is 0 Å². The van der Waals surface area contributed by atoms with Crippen LogP contribution in [0, 0.1) is 6.92 Å². The summed E-state index contributed by atoms with van der Waals surface area (Å²) in [6.07, 6.45) is -3.18. The minimum Gasteiger partial charge on any atom is -0.372 e. The van der Waals surface area contributed by atoms with Gasteiger partial charge in [-0.1, -0.05) is 0 Å². The first-order valence-electron chi connectivity index (χ1n) is 7.63. The number of rotatable bonds is 5. The monoisotopic (exact) mass is 334 g/mol. The van der Waals surface area contributed by atoms with E-state index < -0.39 is 12.7 Å². The third-order valence-corrected chi connectivity index (χ3v) is 3.78. The maximum atomic E-state index is 12.6. The molecule has 1 amide bonds. The summed E-state index contributed by atoms with van der Waals surface area (Å²) in [4.78, 5) is 17.7. The van der Waals surface area contributed by atoms with Gasteiger partial charge in [0, 0.05) is 25.6 Å². The van der Waals surface area contributed by atoms with Gasteiger partial charge in [0.2, 0.25) is 5.91 Å². The summed E-state index contributed by atoms with van der Waals surface area (Å²) in [5.74, 6) is 0.490. The molecule has 1 saturated heterocycles. The molecule has 130 valence electrons. The number of piperidine rings is 1. The number of hydrogen-bond donors (Lipinski definition) is 0. The van der Waals surface area contributed by atoms with Crippen LogP contribution < -0.4 is 0 Å². The molecule has 1 aliphatic rings. The first kappa shape index (κ1) is 17.7. The van der Waals surface area contributed by atoms with Crippen molar-refractivity contribution in [2.75, 3.05) is 26.3 Å². The highest BCUT2D eigenvalue weighted by Gasteiger charge is 2.33. The number of alkyl halides is 3. The molecular formula is C14H21F3N4O2. The van der Waals surface area contributed by atoms with Crippen LogP contribution in [-0.2, 0) is 16.1 Å². The third kappa shape index (κ3) is 4.92. The fraction of sp³-hybridized carbons (Fsp3) is 0.786. The van der Waals surface area contributed by atoms with Crippen LogP contribution in [0.2, 0.25) is 0 Å². The Kier molecular flexibility index (Phi) is 5.61. The first-order valence-corrected chi connectivity index (χ1v) is 7.63. The lowest BCUT2D eigenvalue weighted by atomic mass is 9.96. The molecule has 0 bridgehead atoms. The highest BCUT2D eigenvalue weighted by atomic mass is 19.4. The van der Waals surface area contributed by atoms with Crippen molar-refractivity contribution in [2.24, 2.45) is 0 Å². The Morgan fingerprint density at radius 1 is 1.35 bits per heavy atom. The van der Waals surface area contributed by atoms with E-state index in [2.05, 4.69) is 10.1 Å². The Hall–Kier alpha value is -1.64. The Bertz CT molecular complexity index is 537. The van der Waals surface area contributed by atoms with E-state index in [0.29, 0.717) is 44.2 Å². The van der Waals surface area contributed by atoms with E-state index in [4.69, 9.17) is 4.74 Å². The smallest absolute Gasteiger partial charge is 0.372 e. The van der Waals surface area contributed by atoms with Gasteiger partial charge in [0.25, 0.3) is 0 Å². The average molecular weight is 334 g/mol. The van der Waals surface area contributed by atoms with Crippen LogP contribution in [0.5, 0.6) is 0 Å². The fourth-order valence-electron chi connectivity index (χ4n) is 2.73. The van der Waals surface area contributed by atoms with Crippen molar-refractivity contribution < 1.29 is 22.7 Å². The number of carbonyl (C=O) groups is 1. The van der Waals surface area contributed by atoms with Gasteiger partial charge in [-0.25, -0.2) is 9.67 Å². The van der Waals surface area contributed by atoms with Crippen molar-refractivity contribution in [1.29, 1.82) is 0 Å². The van der Waals surface area contributed by atoms with E-state index in [1.165, 1.54) is 0 Å². The predicted octanol–water partition coefficient (Wildman–Crippen LogP) is 1.89. The maximum Gasteiger partial charge on any atom is 0.408 e. The van der Waals surface area contributed by atoms with Crippen LogP contribution in [-0.4, -0.2) is 58.1 Å². The van der Waals surface area contributed by atoms with Crippen molar-refractivity contribution in [2.45, 2.75) is 45.3 Å². The molecule has 0 spiro atoms. The van der Waals surface area contributed by atoms with Gasteiger partial charge in [-0.3, -0.25) is 4.79 Å². The number of halogens is 3. The summed E-state index contributed by atoms with van der Waals surface area (Å²) < 4.78 is 43.9. The van der Waals surface area contributed by atoms with Gasteiger partial charge >= 0.3 is 6.18 Å². The van der Waals surface area contributed by atoms with Gasteiger partial charge in [-0.2, -0.15) is 18.3 Å². The minimum absolute atomic E-state index is 0.0462. The molecule has 0 N–H and O–H groups in total. The Morgan fingerprint density at radius 3 is 2.57 bits per heavy atom. The van der Waals surface area contributed by atoms with Crippen molar-refractivity contribution >= 4 is 5.91 Å². The van der Waals surface area contributed by atoms with Crippen LogP contribution in [0.3, 0.4) is 0 Å². The molecule has 9 heteroatoms. The number of hydrogen-bond acceptors (Lipinski definition) is 4. The molecule has 6 nitrogen and oxygen atoms in total. The molecule has 0 aromatic carbocycles. The SMILES string of the molecule is CCOCC(=O)N1CCC(c2nc(C)nn2CC(F)(F)F)CC1. The highest BCUT2D eigenvalue weighted by Crippen LogP contribution is 2.28. The molecule has 2 rings (SSSR count). The molecule has 2 heterocycles. The second kappa shape index (κ2) is 7.29. The number of nitrogens with zero attached hydrogens (tertiary/aromatic N) is 4. The van der Waals surface area contributed by atoms with Crippen molar-refractivity contribution in [3.8, 4) is 0 Å². The molecule has 23 heavy (non-hydrogen) atoms. The molecule has 0 unspecified atom stereocenters. The van der Waals surface area contributed by atoms with Gasteiger partial charge in [0.05, 0.1) is 0 Å². The quantitative estimate of drug-likeness (QED) is 0.825. The normalized spacial score (nSPS) is 16.8. The van der Waals surface area contributed by atoms with Crippen LogP contribution in [0.15, 0.2) is 0 Å². The van der Waals surface area contributed by atoms with Gasteiger partial charge < -0.3 is 9.64 Å². The van der Waals surface area contributed by atoms with E-state index in [1.807, 2.05) is 6.92 Å². The van der Waals surface area contributed by atoms with Crippen LogP contribution in [0.1, 0.15) is 37.3 Å². The van der Waals surface area contributed by atoms with Crippen LogP contribution in [0.4, 0.5) is 13.2 Å². The van der Waals surface area contributed by atoms with Crippen molar-refractivity contribution in [1.82, 2.24) is 19.7 Å². The summed E-state index contributed by atoms with van der Waals surface area (Å²) in [6, 6.07) is 0. The zero-order chi connectivity index (χ0) is 17.0. The van der Waals surface area contributed by atoms with E-state index >= 15 is 0 Å². The Labute approximate surface area is 132 Å². The van der Waals surface area contributed by atoms with Crippen molar-refractivity contribution in [3.05, 3.63) is 11.6 Å². The molecule has 1 aromatic heterocycles. The fourth-order valence-corrected chi connectivity index (χ4v) is 2.73. The Morgan fingerprint density at radius 2 is 2.00 bits per heavy atom. The van der Waals surface area contributed by atoms with Crippen LogP contribution in [0.25, 0.3) is 0 Å². The number of aromatic nitrogens is 3. The molecule has 0 radical (unpaired) electrons. The average Bonchev–Trinajstić information content (AvgIpc) is 2.83. The zero-order valence-corrected chi connectivity index (χ0v) is 13.3. The maximum absolute atomic E-state index is 12.6. The predicted molar refractivity (Wildman–Crippen MR) is 75.9 cm³/mol. The molecule has 1 fully saturated rings. The van der Waals surface area contributed by atoms with Gasteiger partial charge in [0.15, 0.2) is 0 Å². The number of amides is 1.